The van der Waals surface area contributed by atoms with Crippen molar-refractivity contribution in [1.29, 1.82) is 0 Å². The van der Waals surface area contributed by atoms with Gasteiger partial charge in [0.1, 0.15) is 18.1 Å². The first-order valence-electron chi connectivity index (χ1n) is 9.15. The van der Waals surface area contributed by atoms with E-state index in [0.717, 1.165) is 22.4 Å². The van der Waals surface area contributed by atoms with Gasteiger partial charge in [-0.1, -0.05) is 41.4 Å². The minimum absolute atomic E-state index is 0.198. The van der Waals surface area contributed by atoms with Gasteiger partial charge in [0, 0.05) is 15.6 Å². The van der Waals surface area contributed by atoms with Gasteiger partial charge in [-0.15, -0.1) is 0 Å². The van der Waals surface area contributed by atoms with E-state index in [1.807, 2.05) is 54.6 Å². The van der Waals surface area contributed by atoms with Crippen molar-refractivity contribution in [3.8, 4) is 11.5 Å². The number of hydrazone groups is 1. The summed E-state index contributed by atoms with van der Waals surface area (Å²) in [6, 6.07) is 20.0. The first-order chi connectivity index (χ1) is 14.5. The molecule has 0 radical (unpaired) electrons. The minimum Gasteiger partial charge on any atom is -0.497 e. The fourth-order valence-electron chi connectivity index (χ4n) is 2.60. The zero-order valence-electron chi connectivity index (χ0n) is 16.3. The Hall–Kier alpha value is -3.02. The summed E-state index contributed by atoms with van der Waals surface area (Å²) >= 11 is 12.0. The molecule has 0 saturated heterocycles. The van der Waals surface area contributed by atoms with E-state index >= 15 is 0 Å². The van der Waals surface area contributed by atoms with Crippen LogP contribution in [0.2, 0.25) is 10.0 Å². The Bertz CT molecular complexity index is 1020. The Kier molecular flexibility index (Phi) is 7.71. The molecule has 0 spiro atoms. The summed E-state index contributed by atoms with van der Waals surface area (Å²) in [4.78, 5) is 12.0. The molecule has 0 heterocycles. The van der Waals surface area contributed by atoms with Gasteiger partial charge in [0.2, 0.25) is 5.91 Å². The van der Waals surface area contributed by atoms with E-state index < -0.39 is 0 Å². The Balaban J connectivity index is 1.47. The van der Waals surface area contributed by atoms with Crippen molar-refractivity contribution in [3.63, 3.8) is 0 Å². The number of carbonyl (C=O) groups excluding carboxylic acids is 1. The van der Waals surface area contributed by atoms with Gasteiger partial charge in [0.05, 0.1) is 19.7 Å². The molecule has 0 aromatic heterocycles. The second-order valence-corrected chi connectivity index (χ2v) is 7.26. The molecule has 3 aromatic carbocycles. The topological polar surface area (TPSA) is 59.9 Å². The second-order valence-electron chi connectivity index (χ2n) is 6.41. The standard InChI is InChI=1S/C23H20Cl2N2O3/c1-29-20-8-2-16(3-9-20)12-23(28)27-26-14-17-4-10-21(11-5-17)30-15-18-6-7-19(24)13-22(18)25/h2-11,13-14H,12,15H2,1H3,(H,27,28)/b26-14-. The molecule has 0 saturated carbocycles. The van der Waals surface area contributed by atoms with Gasteiger partial charge in [-0.2, -0.15) is 5.10 Å². The fourth-order valence-corrected chi connectivity index (χ4v) is 3.06. The van der Waals surface area contributed by atoms with Gasteiger partial charge in [0.25, 0.3) is 0 Å². The van der Waals surface area contributed by atoms with Gasteiger partial charge in [0.15, 0.2) is 0 Å². The Morgan fingerprint density at radius 1 is 1.00 bits per heavy atom. The predicted molar refractivity (Wildman–Crippen MR) is 120 cm³/mol. The molecule has 0 atom stereocenters. The van der Waals surface area contributed by atoms with Crippen molar-refractivity contribution in [2.75, 3.05) is 7.11 Å². The third kappa shape index (κ3) is 6.51. The minimum atomic E-state index is -0.198. The summed E-state index contributed by atoms with van der Waals surface area (Å²) in [5.74, 6) is 1.25. The summed E-state index contributed by atoms with van der Waals surface area (Å²) in [5, 5.41) is 5.15. The third-order valence-electron chi connectivity index (χ3n) is 4.22. The van der Waals surface area contributed by atoms with Crippen LogP contribution in [0, 0.1) is 0 Å². The summed E-state index contributed by atoms with van der Waals surface area (Å²) in [7, 11) is 1.60. The van der Waals surface area contributed by atoms with Gasteiger partial charge in [-0.3, -0.25) is 4.79 Å². The number of nitrogens with zero attached hydrogens (tertiary/aromatic N) is 1. The number of amides is 1. The molecule has 154 valence electrons. The monoisotopic (exact) mass is 442 g/mol. The lowest BCUT2D eigenvalue weighted by molar-refractivity contribution is -0.120. The lowest BCUT2D eigenvalue weighted by Crippen LogP contribution is -2.19. The molecular weight excluding hydrogens is 423 g/mol. The Morgan fingerprint density at radius 2 is 1.70 bits per heavy atom. The number of ether oxygens (including phenoxy) is 2. The number of nitrogens with one attached hydrogen (secondary N) is 1. The van der Waals surface area contributed by atoms with Crippen LogP contribution < -0.4 is 14.9 Å². The summed E-state index contributed by atoms with van der Waals surface area (Å²) < 4.78 is 10.8. The molecule has 5 nitrogen and oxygen atoms in total. The fraction of sp³-hybridized carbons (Fsp3) is 0.130. The van der Waals surface area contributed by atoms with Gasteiger partial charge in [-0.25, -0.2) is 5.43 Å². The predicted octanol–water partition coefficient (Wildman–Crippen LogP) is 5.27. The quantitative estimate of drug-likeness (QED) is 0.381. The van der Waals surface area contributed by atoms with E-state index in [4.69, 9.17) is 32.7 Å². The summed E-state index contributed by atoms with van der Waals surface area (Å²) in [6.45, 7) is 0.338. The maximum absolute atomic E-state index is 12.0. The van der Waals surface area contributed by atoms with Gasteiger partial charge < -0.3 is 9.47 Å². The van der Waals surface area contributed by atoms with E-state index in [1.165, 1.54) is 0 Å². The highest BCUT2D eigenvalue weighted by Crippen LogP contribution is 2.22. The Morgan fingerprint density at radius 3 is 2.37 bits per heavy atom. The van der Waals surface area contributed by atoms with Crippen LogP contribution in [-0.4, -0.2) is 19.2 Å². The molecule has 1 N–H and O–H groups in total. The van der Waals surface area contributed by atoms with Crippen LogP contribution in [0.15, 0.2) is 71.8 Å². The van der Waals surface area contributed by atoms with Crippen LogP contribution in [0.4, 0.5) is 0 Å². The SMILES string of the molecule is COc1ccc(CC(=O)N/N=C\c2ccc(OCc3ccc(Cl)cc3Cl)cc2)cc1. The van der Waals surface area contributed by atoms with Crippen LogP contribution in [-0.2, 0) is 17.8 Å². The third-order valence-corrected chi connectivity index (χ3v) is 4.80. The summed E-state index contributed by atoms with van der Waals surface area (Å²) in [6.07, 6.45) is 1.81. The highest BCUT2D eigenvalue weighted by molar-refractivity contribution is 6.35. The molecule has 0 unspecified atom stereocenters. The number of hydrogen-bond donors (Lipinski definition) is 1. The number of halogens is 2. The highest BCUT2D eigenvalue weighted by Gasteiger charge is 2.04. The molecule has 7 heteroatoms. The van der Waals surface area contributed by atoms with Crippen molar-refractivity contribution in [1.82, 2.24) is 5.43 Å². The molecule has 3 aromatic rings. The average molecular weight is 443 g/mol. The van der Waals surface area contributed by atoms with E-state index in [2.05, 4.69) is 10.5 Å². The molecule has 0 fully saturated rings. The average Bonchev–Trinajstić information content (AvgIpc) is 2.74. The normalized spacial score (nSPS) is 10.8. The first kappa shape index (κ1) is 21.7. The zero-order chi connectivity index (χ0) is 21.3. The summed E-state index contributed by atoms with van der Waals surface area (Å²) in [5.41, 5.74) is 5.09. The molecule has 30 heavy (non-hydrogen) atoms. The smallest absolute Gasteiger partial charge is 0.244 e. The van der Waals surface area contributed by atoms with Crippen molar-refractivity contribution in [2.24, 2.45) is 5.10 Å². The van der Waals surface area contributed by atoms with Gasteiger partial charge in [-0.05, 0) is 59.7 Å². The maximum atomic E-state index is 12.0. The lowest BCUT2D eigenvalue weighted by atomic mass is 10.1. The van der Waals surface area contributed by atoms with E-state index in [1.54, 1.807) is 25.5 Å². The number of benzene rings is 3. The van der Waals surface area contributed by atoms with Crippen molar-refractivity contribution >= 4 is 35.3 Å². The number of hydrogen-bond acceptors (Lipinski definition) is 4. The molecule has 3 rings (SSSR count). The molecule has 0 aliphatic carbocycles. The van der Waals surface area contributed by atoms with Crippen molar-refractivity contribution in [2.45, 2.75) is 13.0 Å². The molecule has 0 aliphatic heterocycles. The van der Waals surface area contributed by atoms with E-state index in [0.29, 0.717) is 22.4 Å². The van der Waals surface area contributed by atoms with Crippen LogP contribution in [0.5, 0.6) is 11.5 Å². The zero-order valence-corrected chi connectivity index (χ0v) is 17.8. The molecular formula is C23H20Cl2N2O3. The molecule has 0 aliphatic rings. The van der Waals surface area contributed by atoms with Crippen LogP contribution >= 0.6 is 23.2 Å². The first-order valence-corrected chi connectivity index (χ1v) is 9.91. The van der Waals surface area contributed by atoms with E-state index in [-0.39, 0.29) is 12.3 Å². The van der Waals surface area contributed by atoms with Crippen molar-refractivity contribution in [3.05, 3.63) is 93.5 Å². The number of rotatable bonds is 8. The molecule has 1 amide bonds. The second kappa shape index (κ2) is 10.7. The Labute approximate surface area is 185 Å². The van der Waals surface area contributed by atoms with Crippen LogP contribution in [0.1, 0.15) is 16.7 Å². The lowest BCUT2D eigenvalue weighted by Gasteiger charge is -2.08. The highest BCUT2D eigenvalue weighted by atomic mass is 35.5. The van der Waals surface area contributed by atoms with E-state index in [9.17, 15) is 4.79 Å². The number of methoxy groups -OCH3 is 1. The molecule has 0 bridgehead atoms. The van der Waals surface area contributed by atoms with Crippen molar-refractivity contribution < 1.29 is 14.3 Å². The van der Waals surface area contributed by atoms with Crippen LogP contribution in [0.3, 0.4) is 0 Å². The number of carbonyl (C=O) groups is 1. The van der Waals surface area contributed by atoms with Crippen LogP contribution in [0.25, 0.3) is 0 Å². The largest absolute Gasteiger partial charge is 0.497 e. The maximum Gasteiger partial charge on any atom is 0.244 e. The van der Waals surface area contributed by atoms with Gasteiger partial charge >= 0.3 is 0 Å².